The number of aliphatic hydroxyl groups is 1. The van der Waals surface area contributed by atoms with Gasteiger partial charge in [0.05, 0.1) is 18.9 Å². The third kappa shape index (κ3) is 3.25. The first-order valence-electron chi connectivity index (χ1n) is 7.59. The van der Waals surface area contributed by atoms with Gasteiger partial charge in [0.2, 0.25) is 0 Å². The lowest BCUT2D eigenvalue weighted by atomic mass is 10.1. The number of benzene rings is 1. The Labute approximate surface area is 120 Å². The number of ether oxygens (including phenoxy) is 1. The van der Waals surface area contributed by atoms with Crippen LogP contribution in [0.3, 0.4) is 0 Å². The second-order valence-corrected chi connectivity index (χ2v) is 5.88. The maximum absolute atomic E-state index is 9.61. The summed E-state index contributed by atoms with van der Waals surface area (Å²) in [6.45, 7) is 2.72. The van der Waals surface area contributed by atoms with Crippen LogP contribution in [0.25, 0.3) is 0 Å². The van der Waals surface area contributed by atoms with Crippen LogP contribution in [0.15, 0.2) is 18.2 Å². The van der Waals surface area contributed by atoms with E-state index in [-0.39, 0.29) is 6.10 Å². The van der Waals surface area contributed by atoms with Crippen molar-refractivity contribution in [3.63, 3.8) is 0 Å². The predicted molar refractivity (Wildman–Crippen MR) is 80.3 cm³/mol. The monoisotopic (exact) mass is 276 g/mol. The maximum atomic E-state index is 9.61. The molecule has 4 heteroatoms. The second kappa shape index (κ2) is 6.02. The molecule has 1 heterocycles. The Bertz CT molecular complexity index is 452. The smallest absolute Gasteiger partial charge is 0.142 e. The van der Waals surface area contributed by atoms with E-state index in [1.807, 2.05) is 0 Å². The van der Waals surface area contributed by atoms with E-state index in [1.54, 1.807) is 7.11 Å². The second-order valence-electron chi connectivity index (χ2n) is 5.88. The third-order valence-electron chi connectivity index (χ3n) is 4.22. The molecule has 1 aliphatic heterocycles. The van der Waals surface area contributed by atoms with Gasteiger partial charge in [-0.2, -0.15) is 0 Å². The van der Waals surface area contributed by atoms with Crippen molar-refractivity contribution in [2.24, 2.45) is 0 Å². The number of piperidine rings is 1. The first kappa shape index (κ1) is 13.7. The van der Waals surface area contributed by atoms with E-state index in [0.29, 0.717) is 0 Å². The number of methoxy groups -OCH3 is 1. The molecule has 110 valence electrons. The molecule has 1 aromatic carbocycles. The molecule has 2 fully saturated rings. The van der Waals surface area contributed by atoms with E-state index < -0.39 is 0 Å². The minimum Gasteiger partial charge on any atom is -0.495 e. The summed E-state index contributed by atoms with van der Waals surface area (Å²) in [5.74, 6) is 0.941. The summed E-state index contributed by atoms with van der Waals surface area (Å²) in [7, 11) is 1.73. The summed E-state index contributed by atoms with van der Waals surface area (Å²) in [6.07, 6.45) is 4.16. The molecular weight excluding hydrogens is 252 g/mol. The standard InChI is InChI=1S/C16H24N2O2/c1-20-16-10-12(11-17-13-3-4-13)2-5-15(16)18-8-6-14(19)7-9-18/h2,5,10,13-14,17,19H,3-4,6-9,11H2,1H3. The quantitative estimate of drug-likeness (QED) is 0.862. The fourth-order valence-corrected chi connectivity index (χ4v) is 2.75. The lowest BCUT2D eigenvalue weighted by molar-refractivity contribution is 0.145. The number of nitrogens with zero attached hydrogens (tertiary/aromatic N) is 1. The summed E-state index contributed by atoms with van der Waals surface area (Å²) in [4.78, 5) is 2.31. The Hall–Kier alpha value is -1.26. The molecule has 2 aliphatic rings. The fraction of sp³-hybridized carbons (Fsp3) is 0.625. The average Bonchev–Trinajstić information content (AvgIpc) is 3.30. The maximum Gasteiger partial charge on any atom is 0.142 e. The minimum atomic E-state index is -0.140. The fourth-order valence-electron chi connectivity index (χ4n) is 2.75. The number of rotatable bonds is 5. The molecule has 0 unspecified atom stereocenters. The van der Waals surface area contributed by atoms with Gasteiger partial charge >= 0.3 is 0 Å². The van der Waals surface area contributed by atoms with E-state index in [2.05, 4.69) is 28.4 Å². The van der Waals surface area contributed by atoms with Gasteiger partial charge in [0.15, 0.2) is 0 Å². The number of hydrogen-bond donors (Lipinski definition) is 2. The van der Waals surface area contributed by atoms with Gasteiger partial charge in [-0.15, -0.1) is 0 Å². The molecule has 3 rings (SSSR count). The molecule has 2 N–H and O–H groups in total. The van der Waals surface area contributed by atoms with Crippen LogP contribution in [0.2, 0.25) is 0 Å². The molecule has 1 saturated heterocycles. The van der Waals surface area contributed by atoms with Crippen LogP contribution in [-0.2, 0) is 6.54 Å². The van der Waals surface area contributed by atoms with Gasteiger partial charge in [-0.05, 0) is 43.4 Å². The zero-order chi connectivity index (χ0) is 13.9. The first-order valence-corrected chi connectivity index (χ1v) is 7.59. The van der Waals surface area contributed by atoms with Crippen molar-refractivity contribution >= 4 is 5.69 Å². The number of anilines is 1. The number of nitrogens with one attached hydrogen (secondary N) is 1. The zero-order valence-electron chi connectivity index (χ0n) is 12.1. The van der Waals surface area contributed by atoms with Gasteiger partial charge in [-0.3, -0.25) is 0 Å². The van der Waals surface area contributed by atoms with Crippen LogP contribution in [0.5, 0.6) is 5.75 Å². The topological polar surface area (TPSA) is 44.7 Å². The van der Waals surface area contributed by atoms with E-state index in [4.69, 9.17) is 4.74 Å². The van der Waals surface area contributed by atoms with Crippen molar-refractivity contribution in [3.8, 4) is 5.75 Å². The van der Waals surface area contributed by atoms with Gasteiger partial charge < -0.3 is 20.1 Å². The van der Waals surface area contributed by atoms with Crippen molar-refractivity contribution in [1.82, 2.24) is 5.32 Å². The largest absolute Gasteiger partial charge is 0.495 e. The van der Waals surface area contributed by atoms with E-state index in [1.165, 1.54) is 18.4 Å². The van der Waals surface area contributed by atoms with Crippen LogP contribution >= 0.6 is 0 Å². The van der Waals surface area contributed by atoms with E-state index in [0.717, 1.165) is 50.0 Å². The van der Waals surface area contributed by atoms with Crippen molar-refractivity contribution in [2.75, 3.05) is 25.1 Å². The van der Waals surface area contributed by atoms with Crippen molar-refractivity contribution in [2.45, 2.75) is 44.4 Å². The highest BCUT2D eigenvalue weighted by Gasteiger charge is 2.21. The Kier molecular flexibility index (Phi) is 4.13. The molecule has 4 nitrogen and oxygen atoms in total. The SMILES string of the molecule is COc1cc(CNC2CC2)ccc1N1CCC(O)CC1. The van der Waals surface area contributed by atoms with E-state index >= 15 is 0 Å². The van der Waals surface area contributed by atoms with Crippen LogP contribution < -0.4 is 15.0 Å². The summed E-state index contributed by atoms with van der Waals surface area (Å²) >= 11 is 0. The first-order chi connectivity index (χ1) is 9.76. The zero-order valence-corrected chi connectivity index (χ0v) is 12.1. The molecule has 1 saturated carbocycles. The Morgan fingerprint density at radius 3 is 2.65 bits per heavy atom. The summed E-state index contributed by atoms with van der Waals surface area (Å²) < 4.78 is 5.56. The number of aliphatic hydroxyl groups excluding tert-OH is 1. The number of hydrogen-bond acceptors (Lipinski definition) is 4. The molecule has 20 heavy (non-hydrogen) atoms. The molecule has 0 radical (unpaired) electrons. The van der Waals surface area contributed by atoms with Crippen LogP contribution in [0, 0.1) is 0 Å². The molecule has 0 amide bonds. The lowest BCUT2D eigenvalue weighted by Crippen LogP contribution is -2.36. The Morgan fingerprint density at radius 2 is 2.00 bits per heavy atom. The van der Waals surface area contributed by atoms with Crippen molar-refractivity contribution in [1.29, 1.82) is 0 Å². The van der Waals surface area contributed by atoms with Crippen LogP contribution in [-0.4, -0.2) is 37.5 Å². The summed E-state index contributed by atoms with van der Waals surface area (Å²) in [6, 6.07) is 7.19. The van der Waals surface area contributed by atoms with Crippen LogP contribution in [0.4, 0.5) is 5.69 Å². The molecular formula is C16H24N2O2. The highest BCUT2D eigenvalue weighted by Crippen LogP contribution is 2.31. The molecule has 0 spiro atoms. The third-order valence-corrected chi connectivity index (χ3v) is 4.22. The van der Waals surface area contributed by atoms with Gasteiger partial charge in [0.25, 0.3) is 0 Å². The van der Waals surface area contributed by atoms with Crippen molar-refractivity contribution < 1.29 is 9.84 Å². The van der Waals surface area contributed by atoms with Crippen LogP contribution in [0.1, 0.15) is 31.2 Å². The molecule has 1 aliphatic carbocycles. The lowest BCUT2D eigenvalue weighted by Gasteiger charge is -2.32. The highest BCUT2D eigenvalue weighted by molar-refractivity contribution is 5.60. The highest BCUT2D eigenvalue weighted by atomic mass is 16.5. The minimum absolute atomic E-state index is 0.140. The van der Waals surface area contributed by atoms with Crippen molar-refractivity contribution in [3.05, 3.63) is 23.8 Å². The van der Waals surface area contributed by atoms with Gasteiger partial charge in [-0.1, -0.05) is 6.07 Å². The Morgan fingerprint density at radius 1 is 1.25 bits per heavy atom. The Balaban J connectivity index is 1.69. The summed E-state index contributed by atoms with van der Waals surface area (Å²) in [5, 5.41) is 13.1. The molecule has 0 atom stereocenters. The molecule has 1 aromatic rings. The van der Waals surface area contributed by atoms with E-state index in [9.17, 15) is 5.11 Å². The van der Waals surface area contributed by atoms with Gasteiger partial charge in [-0.25, -0.2) is 0 Å². The van der Waals surface area contributed by atoms with Gasteiger partial charge in [0.1, 0.15) is 5.75 Å². The summed E-state index contributed by atoms with van der Waals surface area (Å²) in [5.41, 5.74) is 2.42. The average molecular weight is 276 g/mol. The predicted octanol–water partition coefficient (Wildman–Crippen LogP) is 1.91. The molecule has 0 bridgehead atoms. The molecule has 0 aromatic heterocycles. The normalized spacial score (nSPS) is 20.2. The van der Waals surface area contributed by atoms with Gasteiger partial charge in [0, 0.05) is 25.7 Å².